The molecular formula is C18H21ClN4O3. The van der Waals surface area contributed by atoms with Crippen LogP contribution in [-0.4, -0.2) is 39.5 Å². The number of para-hydroxylation sites is 1. The molecule has 1 fully saturated rings. The molecule has 7 nitrogen and oxygen atoms in total. The van der Waals surface area contributed by atoms with Crippen LogP contribution in [0, 0.1) is 5.92 Å². The third-order valence-electron chi connectivity index (χ3n) is 4.97. The van der Waals surface area contributed by atoms with Crippen LogP contribution in [0.5, 0.6) is 0 Å². The molecule has 0 radical (unpaired) electrons. The minimum absolute atomic E-state index is 0. The summed E-state index contributed by atoms with van der Waals surface area (Å²) in [5.41, 5.74) is 6.71. The van der Waals surface area contributed by atoms with Crippen molar-refractivity contribution in [2.75, 3.05) is 13.1 Å². The Bertz CT molecular complexity index is 1010. The fourth-order valence-electron chi connectivity index (χ4n) is 3.63. The molecule has 26 heavy (non-hydrogen) atoms. The van der Waals surface area contributed by atoms with Gasteiger partial charge in [-0.3, -0.25) is 14.2 Å². The van der Waals surface area contributed by atoms with Gasteiger partial charge < -0.3 is 15.1 Å². The van der Waals surface area contributed by atoms with Crippen molar-refractivity contribution in [3.05, 3.63) is 40.9 Å². The number of aromatic nitrogens is 2. The first-order valence-corrected chi connectivity index (χ1v) is 8.44. The van der Waals surface area contributed by atoms with E-state index >= 15 is 0 Å². The van der Waals surface area contributed by atoms with E-state index in [9.17, 15) is 9.59 Å². The van der Waals surface area contributed by atoms with Crippen molar-refractivity contribution < 1.29 is 9.21 Å². The second-order valence-electron chi connectivity index (χ2n) is 6.69. The first-order valence-electron chi connectivity index (χ1n) is 8.44. The van der Waals surface area contributed by atoms with E-state index in [4.69, 9.17) is 10.2 Å². The van der Waals surface area contributed by atoms with Crippen molar-refractivity contribution >= 4 is 40.4 Å². The lowest BCUT2D eigenvalue weighted by atomic mass is 10.1. The van der Waals surface area contributed by atoms with E-state index in [1.807, 2.05) is 25.1 Å². The van der Waals surface area contributed by atoms with Crippen molar-refractivity contribution in [2.24, 2.45) is 11.7 Å². The number of carbonyl (C=O) groups is 1. The van der Waals surface area contributed by atoms with E-state index in [-0.39, 0.29) is 42.0 Å². The Hall–Kier alpha value is -2.38. The molecule has 1 aliphatic heterocycles. The number of benzene rings is 1. The summed E-state index contributed by atoms with van der Waals surface area (Å²) in [5, 5.41) is 0.798. The predicted octanol–water partition coefficient (Wildman–Crippen LogP) is 1.76. The van der Waals surface area contributed by atoms with Crippen LogP contribution in [-0.2, 0) is 11.3 Å². The molecule has 138 valence electrons. The quantitative estimate of drug-likeness (QED) is 0.751. The molecule has 1 amide bonds. The van der Waals surface area contributed by atoms with Gasteiger partial charge in [0, 0.05) is 18.0 Å². The SMILES string of the molecule is CC1CC(CN)CN1C(=O)Cn1cnc2c(oc3ccccc32)c1=O.Cl. The molecule has 0 bridgehead atoms. The molecule has 3 aromatic rings. The molecular weight excluding hydrogens is 356 g/mol. The first kappa shape index (κ1) is 18.4. The zero-order valence-corrected chi connectivity index (χ0v) is 15.2. The second-order valence-corrected chi connectivity index (χ2v) is 6.69. The lowest BCUT2D eigenvalue weighted by molar-refractivity contribution is -0.132. The highest BCUT2D eigenvalue weighted by Crippen LogP contribution is 2.25. The standard InChI is InChI=1S/C18H20N4O3.ClH/c1-11-6-12(7-19)8-22(11)15(23)9-21-10-20-16-13-4-2-3-5-14(13)25-17(16)18(21)24;/h2-5,10-12H,6-9,19H2,1H3;1H. The van der Waals surface area contributed by atoms with Crippen LogP contribution in [0.2, 0.25) is 0 Å². The summed E-state index contributed by atoms with van der Waals surface area (Å²) in [6, 6.07) is 7.51. The molecule has 2 atom stereocenters. The van der Waals surface area contributed by atoms with E-state index in [1.54, 1.807) is 11.0 Å². The van der Waals surface area contributed by atoms with E-state index in [0.29, 0.717) is 30.1 Å². The normalized spacial score (nSPS) is 19.8. The number of nitrogens with zero attached hydrogens (tertiary/aromatic N) is 3. The van der Waals surface area contributed by atoms with Crippen molar-refractivity contribution in [3.8, 4) is 0 Å². The fraction of sp³-hybridized carbons (Fsp3) is 0.389. The maximum absolute atomic E-state index is 12.7. The zero-order chi connectivity index (χ0) is 17.6. The number of hydrogen-bond acceptors (Lipinski definition) is 5. The van der Waals surface area contributed by atoms with Gasteiger partial charge in [-0.15, -0.1) is 12.4 Å². The second kappa shape index (κ2) is 7.09. The zero-order valence-electron chi connectivity index (χ0n) is 14.4. The highest BCUT2D eigenvalue weighted by molar-refractivity contribution is 6.01. The van der Waals surface area contributed by atoms with Gasteiger partial charge in [0.25, 0.3) is 5.56 Å². The number of amides is 1. The number of carbonyl (C=O) groups excluding carboxylic acids is 1. The number of fused-ring (bicyclic) bond motifs is 3. The summed E-state index contributed by atoms with van der Waals surface area (Å²) in [4.78, 5) is 31.4. The Morgan fingerprint density at radius 2 is 2.15 bits per heavy atom. The molecule has 8 heteroatoms. The summed E-state index contributed by atoms with van der Waals surface area (Å²) in [5.74, 6) is 0.231. The number of furan rings is 1. The Balaban J connectivity index is 0.00000196. The van der Waals surface area contributed by atoms with Crippen molar-refractivity contribution in [2.45, 2.75) is 25.9 Å². The minimum Gasteiger partial charge on any atom is -0.448 e. The van der Waals surface area contributed by atoms with Gasteiger partial charge in [-0.25, -0.2) is 4.98 Å². The lowest BCUT2D eigenvalue weighted by Gasteiger charge is -2.21. The monoisotopic (exact) mass is 376 g/mol. The van der Waals surface area contributed by atoms with Gasteiger partial charge in [0.05, 0.1) is 6.33 Å². The Morgan fingerprint density at radius 1 is 1.38 bits per heavy atom. The molecule has 2 unspecified atom stereocenters. The number of likely N-dealkylation sites (tertiary alicyclic amines) is 1. The summed E-state index contributed by atoms with van der Waals surface area (Å²) in [6.07, 6.45) is 2.32. The maximum atomic E-state index is 12.7. The Morgan fingerprint density at radius 3 is 2.88 bits per heavy atom. The van der Waals surface area contributed by atoms with Gasteiger partial charge in [-0.2, -0.15) is 0 Å². The predicted molar refractivity (Wildman–Crippen MR) is 101 cm³/mol. The van der Waals surface area contributed by atoms with Crippen molar-refractivity contribution in [1.29, 1.82) is 0 Å². The van der Waals surface area contributed by atoms with Gasteiger partial charge in [-0.05, 0) is 37.9 Å². The topological polar surface area (TPSA) is 94.4 Å². The third kappa shape index (κ3) is 2.97. The number of hydrogen-bond donors (Lipinski definition) is 1. The molecule has 4 rings (SSSR count). The summed E-state index contributed by atoms with van der Waals surface area (Å²) in [7, 11) is 0. The molecule has 3 heterocycles. The van der Waals surface area contributed by atoms with E-state index in [2.05, 4.69) is 4.98 Å². The molecule has 1 saturated heterocycles. The van der Waals surface area contributed by atoms with E-state index in [0.717, 1.165) is 11.8 Å². The molecule has 0 saturated carbocycles. The largest absolute Gasteiger partial charge is 0.448 e. The van der Waals surface area contributed by atoms with Crippen LogP contribution in [0.15, 0.2) is 39.8 Å². The molecule has 1 aromatic carbocycles. The van der Waals surface area contributed by atoms with Crippen LogP contribution in [0.3, 0.4) is 0 Å². The Labute approximate surface area is 156 Å². The minimum atomic E-state index is -0.336. The van der Waals surface area contributed by atoms with Gasteiger partial charge in [0.15, 0.2) is 0 Å². The molecule has 0 aliphatic carbocycles. The summed E-state index contributed by atoms with van der Waals surface area (Å²) < 4.78 is 6.96. The van der Waals surface area contributed by atoms with Crippen molar-refractivity contribution in [1.82, 2.24) is 14.5 Å². The molecule has 1 aliphatic rings. The van der Waals surface area contributed by atoms with Gasteiger partial charge >= 0.3 is 0 Å². The first-order chi connectivity index (χ1) is 12.1. The number of rotatable bonds is 3. The average molecular weight is 377 g/mol. The molecule has 2 aromatic heterocycles. The third-order valence-corrected chi connectivity index (χ3v) is 4.97. The lowest BCUT2D eigenvalue weighted by Crippen LogP contribution is -2.38. The average Bonchev–Trinajstić information content (AvgIpc) is 3.18. The van der Waals surface area contributed by atoms with Crippen LogP contribution in [0.1, 0.15) is 13.3 Å². The smallest absolute Gasteiger partial charge is 0.297 e. The van der Waals surface area contributed by atoms with E-state index < -0.39 is 0 Å². The summed E-state index contributed by atoms with van der Waals surface area (Å²) in [6.45, 7) is 3.18. The van der Waals surface area contributed by atoms with Crippen LogP contribution < -0.4 is 11.3 Å². The number of nitrogens with two attached hydrogens (primary N) is 1. The van der Waals surface area contributed by atoms with Gasteiger partial charge in [0.1, 0.15) is 17.6 Å². The Kier molecular flexibility index (Phi) is 5.02. The van der Waals surface area contributed by atoms with Crippen molar-refractivity contribution in [3.63, 3.8) is 0 Å². The summed E-state index contributed by atoms with van der Waals surface area (Å²) >= 11 is 0. The van der Waals surface area contributed by atoms with Crippen LogP contribution >= 0.6 is 12.4 Å². The maximum Gasteiger partial charge on any atom is 0.297 e. The van der Waals surface area contributed by atoms with E-state index in [1.165, 1.54) is 10.9 Å². The van der Waals surface area contributed by atoms with Gasteiger partial charge in [-0.1, -0.05) is 12.1 Å². The fourth-order valence-corrected chi connectivity index (χ4v) is 3.63. The van der Waals surface area contributed by atoms with Gasteiger partial charge in [0.2, 0.25) is 11.5 Å². The number of halogens is 1. The van der Waals surface area contributed by atoms with Crippen LogP contribution in [0.25, 0.3) is 22.1 Å². The molecule has 0 spiro atoms. The van der Waals surface area contributed by atoms with Crippen LogP contribution in [0.4, 0.5) is 0 Å². The highest BCUT2D eigenvalue weighted by Gasteiger charge is 2.31. The molecule has 2 N–H and O–H groups in total. The highest BCUT2D eigenvalue weighted by atomic mass is 35.5.